The lowest BCUT2D eigenvalue weighted by atomic mass is 10.1. The van der Waals surface area contributed by atoms with Gasteiger partial charge >= 0.3 is 0 Å². The van der Waals surface area contributed by atoms with Crippen molar-refractivity contribution in [1.29, 1.82) is 0 Å². The van der Waals surface area contributed by atoms with Crippen LogP contribution in [-0.2, 0) is 29.3 Å². The van der Waals surface area contributed by atoms with Crippen LogP contribution >= 0.6 is 0 Å². The molecule has 0 saturated carbocycles. The molecule has 0 heterocycles. The highest BCUT2D eigenvalue weighted by Gasteiger charge is 2.04. The second kappa shape index (κ2) is 11.0. The minimum Gasteiger partial charge on any atom is -0.497 e. The van der Waals surface area contributed by atoms with E-state index < -0.39 is 0 Å². The van der Waals surface area contributed by atoms with Crippen LogP contribution in [0.4, 0.5) is 0 Å². The van der Waals surface area contributed by atoms with Gasteiger partial charge in [-0.2, -0.15) is 0 Å². The van der Waals surface area contributed by atoms with Gasteiger partial charge in [-0.15, -0.1) is 0 Å². The molecule has 0 saturated heterocycles. The number of hydrogen-bond donors (Lipinski definition) is 1. The van der Waals surface area contributed by atoms with Crippen LogP contribution in [0, 0.1) is 6.92 Å². The first-order valence-corrected chi connectivity index (χ1v) is 9.93. The molecule has 3 aromatic carbocycles. The van der Waals surface area contributed by atoms with Crippen molar-refractivity contribution in [3.63, 3.8) is 0 Å². The molecule has 5 nitrogen and oxygen atoms in total. The van der Waals surface area contributed by atoms with Gasteiger partial charge in [0.15, 0.2) is 0 Å². The van der Waals surface area contributed by atoms with E-state index in [4.69, 9.17) is 14.3 Å². The van der Waals surface area contributed by atoms with Crippen molar-refractivity contribution in [2.45, 2.75) is 33.0 Å². The van der Waals surface area contributed by atoms with Crippen LogP contribution in [0.5, 0.6) is 11.5 Å². The average molecular weight is 405 g/mol. The van der Waals surface area contributed by atoms with Crippen LogP contribution in [0.1, 0.15) is 28.7 Å². The minimum absolute atomic E-state index is 0.149. The molecular weight excluding hydrogens is 378 g/mol. The Morgan fingerprint density at radius 2 is 1.33 bits per heavy atom. The summed E-state index contributed by atoms with van der Waals surface area (Å²) >= 11 is 0. The molecule has 3 rings (SSSR count). The van der Waals surface area contributed by atoms with Gasteiger partial charge in [-0.1, -0.05) is 54.1 Å². The fourth-order valence-corrected chi connectivity index (χ4v) is 2.83. The fourth-order valence-electron chi connectivity index (χ4n) is 2.83. The highest BCUT2D eigenvalue weighted by atomic mass is 16.6. The summed E-state index contributed by atoms with van der Waals surface area (Å²) in [6, 6.07) is 23.6. The maximum absolute atomic E-state index is 11.9. The first-order chi connectivity index (χ1) is 14.6. The molecule has 30 heavy (non-hydrogen) atoms. The summed E-state index contributed by atoms with van der Waals surface area (Å²) in [5.74, 6) is 1.45. The molecule has 0 unspecified atom stereocenters. The molecule has 0 spiro atoms. The molecule has 0 aliphatic carbocycles. The van der Waals surface area contributed by atoms with E-state index in [1.807, 2.05) is 48.5 Å². The second-order valence-corrected chi connectivity index (χ2v) is 7.08. The van der Waals surface area contributed by atoms with Crippen LogP contribution in [0.25, 0.3) is 0 Å². The Morgan fingerprint density at radius 3 is 2.00 bits per heavy atom. The van der Waals surface area contributed by atoms with Gasteiger partial charge in [0.05, 0.1) is 13.7 Å². The standard InChI is InChI=1S/C25H27NO4/c1-19-3-5-21(6-4-19)17-29-24-14-9-22(10-15-24)18-30-26-25(27)16-11-20-7-12-23(28-2)13-8-20/h3-10,12-15H,11,16-18H2,1-2H3,(H,26,27). The Hall–Kier alpha value is -3.31. The number of hydrogen-bond acceptors (Lipinski definition) is 4. The molecule has 0 aliphatic heterocycles. The molecule has 156 valence electrons. The zero-order chi connectivity index (χ0) is 21.2. The van der Waals surface area contributed by atoms with Gasteiger partial charge in [-0.3, -0.25) is 9.63 Å². The van der Waals surface area contributed by atoms with Gasteiger partial charge in [0, 0.05) is 6.42 Å². The lowest BCUT2D eigenvalue weighted by Crippen LogP contribution is -2.23. The number of nitrogens with one attached hydrogen (secondary N) is 1. The van der Waals surface area contributed by atoms with Gasteiger partial charge in [-0.05, 0) is 54.3 Å². The Kier molecular flexibility index (Phi) is 7.86. The SMILES string of the molecule is COc1ccc(CCC(=O)NOCc2ccc(OCc3ccc(C)cc3)cc2)cc1. The first kappa shape index (κ1) is 21.4. The quantitative estimate of drug-likeness (QED) is 0.494. The maximum Gasteiger partial charge on any atom is 0.243 e. The number of carbonyl (C=O) groups is 1. The van der Waals surface area contributed by atoms with Crippen molar-refractivity contribution in [2.24, 2.45) is 0 Å². The van der Waals surface area contributed by atoms with Crippen molar-refractivity contribution >= 4 is 5.91 Å². The summed E-state index contributed by atoms with van der Waals surface area (Å²) in [5, 5.41) is 0. The van der Waals surface area contributed by atoms with E-state index in [0.29, 0.717) is 26.1 Å². The van der Waals surface area contributed by atoms with Gasteiger partial charge in [-0.25, -0.2) is 5.48 Å². The van der Waals surface area contributed by atoms with Crippen molar-refractivity contribution < 1.29 is 19.1 Å². The molecule has 0 aromatic heterocycles. The summed E-state index contributed by atoms with van der Waals surface area (Å²) in [6.45, 7) is 2.89. The molecule has 3 aromatic rings. The Labute approximate surface area is 177 Å². The van der Waals surface area contributed by atoms with E-state index in [1.54, 1.807) is 7.11 Å². The highest BCUT2D eigenvalue weighted by Crippen LogP contribution is 2.15. The molecule has 0 atom stereocenters. The minimum atomic E-state index is -0.149. The summed E-state index contributed by atoms with van der Waals surface area (Å²) in [6.07, 6.45) is 1.00. The van der Waals surface area contributed by atoms with Gasteiger partial charge in [0.2, 0.25) is 5.91 Å². The summed E-state index contributed by atoms with van der Waals surface area (Å²) < 4.78 is 10.9. The van der Waals surface area contributed by atoms with E-state index in [9.17, 15) is 4.79 Å². The number of carbonyl (C=O) groups excluding carboxylic acids is 1. The fraction of sp³-hybridized carbons (Fsp3) is 0.240. The molecule has 0 fully saturated rings. The molecule has 5 heteroatoms. The van der Waals surface area contributed by atoms with Crippen molar-refractivity contribution in [2.75, 3.05) is 7.11 Å². The zero-order valence-electron chi connectivity index (χ0n) is 17.4. The normalized spacial score (nSPS) is 10.5. The lowest BCUT2D eigenvalue weighted by molar-refractivity contribution is -0.134. The van der Waals surface area contributed by atoms with Gasteiger partial charge in [0.1, 0.15) is 18.1 Å². The van der Waals surface area contributed by atoms with Crippen LogP contribution in [0.15, 0.2) is 72.8 Å². The molecule has 0 radical (unpaired) electrons. The third-order valence-electron chi connectivity index (χ3n) is 4.67. The number of hydroxylamine groups is 1. The number of amides is 1. The first-order valence-electron chi connectivity index (χ1n) is 9.93. The monoisotopic (exact) mass is 405 g/mol. The second-order valence-electron chi connectivity index (χ2n) is 7.08. The molecule has 0 bridgehead atoms. The number of rotatable bonds is 10. The van der Waals surface area contributed by atoms with Crippen molar-refractivity contribution in [3.05, 3.63) is 95.1 Å². The molecule has 1 amide bonds. The van der Waals surface area contributed by atoms with Crippen LogP contribution in [0.3, 0.4) is 0 Å². The van der Waals surface area contributed by atoms with Gasteiger partial charge < -0.3 is 9.47 Å². The molecular formula is C25H27NO4. The van der Waals surface area contributed by atoms with Crippen molar-refractivity contribution in [1.82, 2.24) is 5.48 Å². The van der Waals surface area contributed by atoms with E-state index in [2.05, 4.69) is 36.7 Å². The van der Waals surface area contributed by atoms with E-state index >= 15 is 0 Å². The van der Waals surface area contributed by atoms with Gasteiger partial charge in [0.25, 0.3) is 0 Å². The van der Waals surface area contributed by atoms with Crippen LogP contribution in [0.2, 0.25) is 0 Å². The Bertz CT molecular complexity index is 919. The Morgan fingerprint density at radius 1 is 0.767 bits per heavy atom. The predicted molar refractivity (Wildman–Crippen MR) is 116 cm³/mol. The third-order valence-corrected chi connectivity index (χ3v) is 4.67. The van der Waals surface area contributed by atoms with E-state index in [-0.39, 0.29) is 5.91 Å². The zero-order valence-corrected chi connectivity index (χ0v) is 17.4. The average Bonchev–Trinajstić information content (AvgIpc) is 2.78. The van der Waals surface area contributed by atoms with Crippen LogP contribution < -0.4 is 15.0 Å². The van der Waals surface area contributed by atoms with E-state index in [1.165, 1.54) is 5.56 Å². The van der Waals surface area contributed by atoms with Crippen LogP contribution in [-0.4, -0.2) is 13.0 Å². The van der Waals surface area contributed by atoms with Crippen molar-refractivity contribution in [3.8, 4) is 11.5 Å². The summed E-state index contributed by atoms with van der Waals surface area (Å²) in [4.78, 5) is 17.3. The summed E-state index contributed by atoms with van der Waals surface area (Å²) in [5.41, 5.74) is 6.89. The number of aryl methyl sites for hydroxylation is 2. The molecule has 1 N–H and O–H groups in total. The number of methoxy groups -OCH3 is 1. The highest BCUT2D eigenvalue weighted by molar-refractivity contribution is 5.75. The third kappa shape index (κ3) is 6.94. The number of benzene rings is 3. The summed E-state index contributed by atoms with van der Waals surface area (Å²) in [7, 11) is 1.63. The molecule has 0 aliphatic rings. The largest absolute Gasteiger partial charge is 0.497 e. The Balaban J connectivity index is 1.35. The maximum atomic E-state index is 11.9. The van der Waals surface area contributed by atoms with E-state index in [0.717, 1.165) is 28.2 Å². The topological polar surface area (TPSA) is 56.8 Å². The lowest BCUT2D eigenvalue weighted by Gasteiger charge is -2.09. The number of ether oxygens (including phenoxy) is 2. The predicted octanol–water partition coefficient (Wildman–Crippen LogP) is 4.76. The smallest absolute Gasteiger partial charge is 0.243 e.